The second kappa shape index (κ2) is 12.7. The molecular formula is C35H41N3O6S. The maximum atomic E-state index is 14.2. The molecule has 1 N–H and O–H groups in total. The number of rotatable bonds is 7. The molecule has 2 saturated heterocycles. The van der Waals surface area contributed by atoms with Gasteiger partial charge in [-0.05, 0) is 55.4 Å². The van der Waals surface area contributed by atoms with Crippen LogP contribution in [0.5, 0.6) is 0 Å². The lowest BCUT2D eigenvalue weighted by Gasteiger charge is -2.49. The third-order valence-electron chi connectivity index (χ3n) is 7.52. The first-order chi connectivity index (χ1) is 21.2. The van der Waals surface area contributed by atoms with E-state index >= 15 is 0 Å². The summed E-state index contributed by atoms with van der Waals surface area (Å²) in [6.07, 6.45) is 0.872. The Balaban J connectivity index is 1.49. The van der Waals surface area contributed by atoms with E-state index in [0.717, 1.165) is 11.1 Å². The zero-order valence-electron chi connectivity index (χ0n) is 26.7. The molecule has 0 aromatic heterocycles. The van der Waals surface area contributed by atoms with Crippen LogP contribution in [0, 0.1) is 5.41 Å². The van der Waals surface area contributed by atoms with Crippen LogP contribution in [0.1, 0.15) is 65.2 Å². The molecule has 2 aromatic carbocycles. The summed E-state index contributed by atoms with van der Waals surface area (Å²) in [5.41, 5.74) is 2.01. The summed E-state index contributed by atoms with van der Waals surface area (Å²) in [6, 6.07) is 18.0. The van der Waals surface area contributed by atoms with Gasteiger partial charge in [0, 0.05) is 24.4 Å². The molecule has 45 heavy (non-hydrogen) atoms. The largest absolute Gasteiger partial charge is 0.448 e. The van der Waals surface area contributed by atoms with Crippen LogP contribution in [0.2, 0.25) is 0 Å². The van der Waals surface area contributed by atoms with E-state index < -0.39 is 41.1 Å². The van der Waals surface area contributed by atoms with Gasteiger partial charge in [-0.15, -0.1) is 11.8 Å². The highest BCUT2D eigenvalue weighted by atomic mass is 32.2. The SMILES string of the molecule is CC(C)(C)CN1CCC(=CC2=C(C(=O)OC(c3ccccc3)c3ccccc3)N3C(=O)[C@@H](NC(=O)OC(C)(C)C)[C@H]3SC2)C1=O. The van der Waals surface area contributed by atoms with E-state index in [1.165, 1.54) is 16.7 Å². The topological polar surface area (TPSA) is 105 Å². The molecule has 0 bridgehead atoms. The van der Waals surface area contributed by atoms with Crippen molar-refractivity contribution in [2.24, 2.45) is 5.41 Å². The number of alkyl carbamates (subject to hydrolysis) is 1. The number of carbonyl (C=O) groups excluding carboxylic acids is 4. The summed E-state index contributed by atoms with van der Waals surface area (Å²) >= 11 is 1.42. The zero-order chi connectivity index (χ0) is 32.5. The van der Waals surface area contributed by atoms with Gasteiger partial charge in [-0.1, -0.05) is 81.4 Å². The minimum Gasteiger partial charge on any atom is -0.448 e. The van der Waals surface area contributed by atoms with Crippen LogP contribution < -0.4 is 5.32 Å². The van der Waals surface area contributed by atoms with Crippen molar-refractivity contribution in [1.82, 2.24) is 15.1 Å². The van der Waals surface area contributed by atoms with Gasteiger partial charge in [-0.25, -0.2) is 9.59 Å². The normalized spacial score (nSPS) is 21.2. The molecule has 2 aromatic rings. The Hall–Kier alpha value is -4.05. The summed E-state index contributed by atoms with van der Waals surface area (Å²) in [7, 11) is 0. The van der Waals surface area contributed by atoms with Crippen LogP contribution in [-0.2, 0) is 23.9 Å². The average molecular weight is 632 g/mol. The van der Waals surface area contributed by atoms with E-state index in [4.69, 9.17) is 9.47 Å². The van der Waals surface area contributed by atoms with Gasteiger partial charge in [-0.2, -0.15) is 0 Å². The lowest BCUT2D eigenvalue weighted by atomic mass is 9.96. The predicted octanol–water partition coefficient (Wildman–Crippen LogP) is 5.59. The first-order valence-electron chi connectivity index (χ1n) is 15.2. The number of fused-ring (bicyclic) bond motifs is 1. The van der Waals surface area contributed by atoms with Crippen molar-refractivity contribution < 1.29 is 28.7 Å². The fraction of sp³-hybridized carbons (Fsp3) is 0.429. The molecular weight excluding hydrogens is 590 g/mol. The summed E-state index contributed by atoms with van der Waals surface area (Å²) in [5.74, 6) is -0.832. The fourth-order valence-electron chi connectivity index (χ4n) is 5.66. The van der Waals surface area contributed by atoms with Gasteiger partial charge in [-0.3, -0.25) is 14.5 Å². The van der Waals surface area contributed by atoms with E-state index in [1.807, 2.05) is 65.6 Å². The zero-order valence-corrected chi connectivity index (χ0v) is 27.5. The van der Waals surface area contributed by atoms with Crippen molar-refractivity contribution in [3.05, 3.63) is 94.7 Å². The number of β-lactam (4-membered cyclic amide) rings is 1. The van der Waals surface area contributed by atoms with Crippen molar-refractivity contribution in [1.29, 1.82) is 0 Å². The first-order valence-corrected chi connectivity index (χ1v) is 16.2. The number of thioether (sulfide) groups is 1. The fourth-order valence-corrected chi connectivity index (χ4v) is 6.96. The molecule has 0 aliphatic carbocycles. The maximum absolute atomic E-state index is 14.2. The van der Waals surface area contributed by atoms with Crippen molar-refractivity contribution in [3.8, 4) is 0 Å². The van der Waals surface area contributed by atoms with Gasteiger partial charge >= 0.3 is 12.1 Å². The smallest absolute Gasteiger partial charge is 0.408 e. The van der Waals surface area contributed by atoms with Crippen LogP contribution in [0.3, 0.4) is 0 Å². The summed E-state index contributed by atoms with van der Waals surface area (Å²) in [6.45, 7) is 12.7. The van der Waals surface area contributed by atoms with E-state index in [1.54, 1.807) is 26.8 Å². The molecule has 3 aliphatic rings. The van der Waals surface area contributed by atoms with Crippen molar-refractivity contribution in [2.45, 2.75) is 71.1 Å². The second-order valence-corrected chi connectivity index (χ2v) is 14.8. The van der Waals surface area contributed by atoms with Gasteiger partial charge in [0.15, 0.2) is 6.10 Å². The van der Waals surface area contributed by atoms with E-state index in [-0.39, 0.29) is 17.0 Å². The van der Waals surface area contributed by atoms with Gasteiger partial charge in [0.1, 0.15) is 22.7 Å². The Labute approximate surface area is 269 Å². The maximum Gasteiger partial charge on any atom is 0.408 e. The third-order valence-corrected chi connectivity index (χ3v) is 8.82. The van der Waals surface area contributed by atoms with Gasteiger partial charge in [0.25, 0.3) is 5.91 Å². The highest BCUT2D eigenvalue weighted by Crippen LogP contribution is 2.42. The van der Waals surface area contributed by atoms with Crippen LogP contribution in [-0.4, -0.2) is 69.5 Å². The Kier molecular flexibility index (Phi) is 9.16. The molecule has 3 amide bonds. The highest BCUT2D eigenvalue weighted by molar-refractivity contribution is 8.00. The number of nitrogens with one attached hydrogen (secondary N) is 1. The van der Waals surface area contributed by atoms with Crippen LogP contribution >= 0.6 is 11.8 Å². The number of nitrogens with zero attached hydrogens (tertiary/aromatic N) is 2. The Morgan fingerprint density at radius 3 is 2.13 bits per heavy atom. The molecule has 3 heterocycles. The second-order valence-electron chi connectivity index (χ2n) is 13.7. The number of allylic oxidation sites excluding steroid dienone is 1. The minimum absolute atomic E-state index is 0.0582. The molecule has 238 valence electrons. The highest BCUT2D eigenvalue weighted by Gasteiger charge is 2.55. The van der Waals surface area contributed by atoms with E-state index in [2.05, 4.69) is 26.1 Å². The first kappa shape index (κ1) is 32.3. The molecule has 0 saturated carbocycles. The third kappa shape index (κ3) is 7.44. The number of hydrogen-bond acceptors (Lipinski definition) is 7. The molecule has 9 nitrogen and oxygen atoms in total. The molecule has 0 radical (unpaired) electrons. The summed E-state index contributed by atoms with van der Waals surface area (Å²) in [4.78, 5) is 56.9. The number of esters is 1. The van der Waals surface area contributed by atoms with Gasteiger partial charge < -0.3 is 19.7 Å². The monoisotopic (exact) mass is 631 g/mol. The molecule has 2 atom stereocenters. The number of carbonyl (C=O) groups is 4. The van der Waals surface area contributed by atoms with Gasteiger partial charge in [0.2, 0.25) is 5.91 Å². The quantitative estimate of drug-likeness (QED) is 0.242. The molecule has 3 aliphatic heterocycles. The molecule has 10 heteroatoms. The molecule has 0 unspecified atom stereocenters. The Bertz CT molecular complexity index is 1480. The number of ether oxygens (including phenoxy) is 2. The average Bonchev–Trinajstić information content (AvgIpc) is 3.31. The van der Waals surface area contributed by atoms with Crippen LogP contribution in [0.4, 0.5) is 4.79 Å². The lowest BCUT2D eigenvalue weighted by molar-refractivity contribution is -0.153. The van der Waals surface area contributed by atoms with E-state index in [0.29, 0.717) is 36.4 Å². The lowest BCUT2D eigenvalue weighted by Crippen LogP contribution is -2.70. The van der Waals surface area contributed by atoms with Crippen LogP contribution in [0.25, 0.3) is 0 Å². The number of likely N-dealkylation sites (tertiary alicyclic amines) is 1. The number of hydrogen-bond donors (Lipinski definition) is 1. The van der Waals surface area contributed by atoms with E-state index in [9.17, 15) is 19.2 Å². The molecule has 0 spiro atoms. The summed E-state index contributed by atoms with van der Waals surface area (Å²) in [5, 5.41) is 2.14. The van der Waals surface area contributed by atoms with Crippen LogP contribution in [0.15, 0.2) is 83.6 Å². The standard InChI is InChI=1S/C35H41N3O6S/c1-34(2,3)21-37-18-17-24(29(37)39)19-25-20-45-31-26(36-33(42)44-35(4,5)6)30(40)38(31)27(25)32(41)43-28(22-13-9-7-10-14-22)23-15-11-8-12-16-23/h7-16,19,26,28,31H,17-18,20-21H2,1-6H3,(H,36,42)/t26-,31-/m1/s1. The van der Waals surface area contributed by atoms with Crippen molar-refractivity contribution in [3.63, 3.8) is 0 Å². The number of benzene rings is 2. The predicted molar refractivity (Wildman–Crippen MR) is 173 cm³/mol. The Morgan fingerprint density at radius 2 is 1.58 bits per heavy atom. The number of amides is 3. The Morgan fingerprint density at radius 1 is 0.978 bits per heavy atom. The van der Waals surface area contributed by atoms with Crippen molar-refractivity contribution >= 4 is 35.6 Å². The van der Waals surface area contributed by atoms with Crippen molar-refractivity contribution in [2.75, 3.05) is 18.8 Å². The molecule has 2 fully saturated rings. The van der Waals surface area contributed by atoms with Gasteiger partial charge in [0.05, 0.1) is 0 Å². The molecule has 5 rings (SSSR count). The summed E-state index contributed by atoms with van der Waals surface area (Å²) < 4.78 is 11.6. The minimum atomic E-state index is -0.865.